The van der Waals surface area contributed by atoms with E-state index < -0.39 is 17.5 Å². The number of hydrogen-bond donors (Lipinski definition) is 1. The number of benzene rings is 1. The highest BCUT2D eigenvalue weighted by molar-refractivity contribution is 5.50. The molecule has 116 valence electrons. The van der Waals surface area contributed by atoms with Gasteiger partial charge in [-0.3, -0.25) is 0 Å². The van der Waals surface area contributed by atoms with Gasteiger partial charge >= 0.3 is 0 Å². The van der Waals surface area contributed by atoms with Crippen LogP contribution in [0, 0.1) is 29.3 Å². The molecule has 2 fully saturated rings. The minimum atomic E-state index is -1.38. The predicted molar refractivity (Wildman–Crippen MR) is 76.8 cm³/mol. The van der Waals surface area contributed by atoms with Crippen molar-refractivity contribution in [2.24, 2.45) is 11.8 Å². The molecule has 1 aliphatic heterocycles. The molecule has 0 amide bonds. The highest BCUT2D eigenvalue weighted by Gasteiger charge is 2.39. The molecule has 2 atom stereocenters. The molecule has 1 saturated carbocycles. The van der Waals surface area contributed by atoms with Crippen molar-refractivity contribution in [1.82, 2.24) is 5.32 Å². The van der Waals surface area contributed by atoms with Crippen LogP contribution >= 0.6 is 0 Å². The average Bonchev–Trinajstić information content (AvgIpc) is 3.29. The smallest absolute Gasteiger partial charge is 0.196 e. The summed E-state index contributed by atoms with van der Waals surface area (Å²) >= 11 is 0. The van der Waals surface area contributed by atoms with Crippen LogP contribution in [0.1, 0.15) is 26.7 Å². The summed E-state index contributed by atoms with van der Waals surface area (Å²) in [6.45, 7) is 5.52. The lowest BCUT2D eigenvalue weighted by Gasteiger charge is -2.44. The van der Waals surface area contributed by atoms with Crippen molar-refractivity contribution in [3.63, 3.8) is 0 Å². The van der Waals surface area contributed by atoms with Crippen molar-refractivity contribution < 1.29 is 13.2 Å². The first-order valence-corrected chi connectivity index (χ1v) is 7.62. The van der Waals surface area contributed by atoms with Crippen LogP contribution in [0.3, 0.4) is 0 Å². The first kappa shape index (κ1) is 14.7. The number of halogens is 3. The number of anilines is 1. The maximum absolute atomic E-state index is 14.2. The lowest BCUT2D eigenvalue weighted by atomic mass is 9.96. The first-order chi connectivity index (χ1) is 9.99. The average molecular weight is 298 g/mol. The summed E-state index contributed by atoms with van der Waals surface area (Å²) in [5.41, 5.74) is 0.180. The number of piperazine rings is 1. The van der Waals surface area contributed by atoms with Gasteiger partial charge in [0.15, 0.2) is 17.5 Å². The van der Waals surface area contributed by atoms with Gasteiger partial charge in [0.05, 0.1) is 5.69 Å². The minimum absolute atomic E-state index is 0.0827. The fourth-order valence-corrected chi connectivity index (χ4v) is 3.22. The van der Waals surface area contributed by atoms with Gasteiger partial charge in [-0.05, 0) is 36.8 Å². The van der Waals surface area contributed by atoms with Gasteiger partial charge in [-0.1, -0.05) is 13.8 Å². The third-order valence-electron chi connectivity index (χ3n) is 4.67. The van der Waals surface area contributed by atoms with Crippen LogP contribution in [0.4, 0.5) is 18.9 Å². The maximum atomic E-state index is 14.2. The summed E-state index contributed by atoms with van der Waals surface area (Å²) in [5.74, 6) is -2.65. The van der Waals surface area contributed by atoms with Gasteiger partial charge < -0.3 is 10.2 Å². The van der Waals surface area contributed by atoms with E-state index in [0.717, 1.165) is 12.6 Å². The van der Waals surface area contributed by atoms with Gasteiger partial charge in [0.2, 0.25) is 0 Å². The Hall–Kier alpha value is -1.23. The van der Waals surface area contributed by atoms with E-state index in [-0.39, 0.29) is 11.7 Å². The Morgan fingerprint density at radius 3 is 2.48 bits per heavy atom. The molecule has 5 heteroatoms. The summed E-state index contributed by atoms with van der Waals surface area (Å²) in [4.78, 5) is 1.92. The molecule has 0 aromatic heterocycles. The molecule has 1 N–H and O–H groups in total. The Kier molecular flexibility index (Phi) is 3.86. The fourth-order valence-electron chi connectivity index (χ4n) is 3.22. The quantitative estimate of drug-likeness (QED) is 0.861. The summed E-state index contributed by atoms with van der Waals surface area (Å²) in [6, 6.07) is 2.77. The van der Waals surface area contributed by atoms with E-state index in [9.17, 15) is 13.2 Å². The molecular weight excluding hydrogens is 277 g/mol. The second-order valence-corrected chi connectivity index (χ2v) is 6.51. The SMILES string of the molecule is CC(C)C1CNC(C2CC2)CN1c1ccc(F)c(F)c1F. The molecule has 1 aromatic carbocycles. The molecule has 21 heavy (non-hydrogen) atoms. The van der Waals surface area contributed by atoms with Crippen molar-refractivity contribution in [3.05, 3.63) is 29.6 Å². The molecule has 3 rings (SSSR count). The lowest BCUT2D eigenvalue weighted by molar-refractivity contribution is 0.316. The van der Waals surface area contributed by atoms with E-state index in [2.05, 4.69) is 19.2 Å². The second-order valence-electron chi connectivity index (χ2n) is 6.51. The van der Waals surface area contributed by atoms with Gasteiger partial charge in [0, 0.05) is 25.2 Å². The molecular formula is C16H21F3N2. The molecule has 0 spiro atoms. The minimum Gasteiger partial charge on any atom is -0.363 e. The topological polar surface area (TPSA) is 15.3 Å². The van der Waals surface area contributed by atoms with Gasteiger partial charge in [0.1, 0.15) is 0 Å². The van der Waals surface area contributed by atoms with E-state index in [1.54, 1.807) is 0 Å². The largest absolute Gasteiger partial charge is 0.363 e. The van der Waals surface area contributed by atoms with Crippen LogP contribution in [0.5, 0.6) is 0 Å². The van der Waals surface area contributed by atoms with Crippen LogP contribution in [0.2, 0.25) is 0 Å². The highest BCUT2D eigenvalue weighted by atomic mass is 19.2. The van der Waals surface area contributed by atoms with Crippen molar-refractivity contribution in [2.45, 2.75) is 38.8 Å². The molecule has 0 bridgehead atoms. The standard InChI is InChI=1S/C16H21F3N2/c1-9(2)14-7-20-12(10-3-4-10)8-21(14)13-6-5-11(17)15(18)16(13)19/h5-6,9-10,12,14,20H,3-4,7-8H2,1-2H3. The number of rotatable bonds is 3. The van der Waals surface area contributed by atoms with Gasteiger partial charge in [0.25, 0.3) is 0 Å². The molecule has 1 saturated heterocycles. The Morgan fingerprint density at radius 2 is 1.86 bits per heavy atom. The van der Waals surface area contributed by atoms with Crippen LogP contribution in [0.15, 0.2) is 12.1 Å². The van der Waals surface area contributed by atoms with E-state index in [4.69, 9.17) is 0 Å². The molecule has 2 unspecified atom stereocenters. The zero-order valence-corrected chi connectivity index (χ0v) is 12.4. The predicted octanol–water partition coefficient (Wildman–Crippen LogP) is 3.32. The molecule has 1 aliphatic carbocycles. The maximum Gasteiger partial charge on any atom is 0.196 e. The second kappa shape index (κ2) is 5.52. The van der Waals surface area contributed by atoms with E-state index >= 15 is 0 Å². The Morgan fingerprint density at radius 1 is 1.14 bits per heavy atom. The molecule has 1 aromatic rings. The number of nitrogens with zero attached hydrogens (tertiary/aromatic N) is 1. The van der Waals surface area contributed by atoms with Gasteiger partial charge in [-0.25, -0.2) is 13.2 Å². The lowest BCUT2D eigenvalue weighted by Crippen LogP contribution is -2.59. The highest BCUT2D eigenvalue weighted by Crippen LogP contribution is 2.37. The van der Waals surface area contributed by atoms with E-state index in [1.165, 1.54) is 18.9 Å². The molecule has 0 radical (unpaired) electrons. The molecule has 1 heterocycles. The van der Waals surface area contributed by atoms with Gasteiger partial charge in [-0.15, -0.1) is 0 Å². The van der Waals surface area contributed by atoms with Crippen molar-refractivity contribution in [3.8, 4) is 0 Å². The third kappa shape index (κ3) is 2.76. The van der Waals surface area contributed by atoms with Crippen LogP contribution in [0.25, 0.3) is 0 Å². The van der Waals surface area contributed by atoms with Crippen molar-refractivity contribution in [1.29, 1.82) is 0 Å². The van der Waals surface area contributed by atoms with E-state index in [0.29, 0.717) is 24.4 Å². The summed E-state index contributed by atoms with van der Waals surface area (Å²) < 4.78 is 40.9. The van der Waals surface area contributed by atoms with Crippen LogP contribution in [-0.4, -0.2) is 25.2 Å². The number of hydrogen-bond acceptors (Lipinski definition) is 2. The van der Waals surface area contributed by atoms with Crippen molar-refractivity contribution >= 4 is 5.69 Å². The van der Waals surface area contributed by atoms with Crippen LogP contribution < -0.4 is 10.2 Å². The molecule has 2 nitrogen and oxygen atoms in total. The van der Waals surface area contributed by atoms with Crippen molar-refractivity contribution in [2.75, 3.05) is 18.0 Å². The van der Waals surface area contributed by atoms with Gasteiger partial charge in [-0.2, -0.15) is 0 Å². The zero-order valence-electron chi connectivity index (χ0n) is 12.4. The monoisotopic (exact) mass is 298 g/mol. The molecule has 2 aliphatic rings. The summed E-state index contributed by atoms with van der Waals surface area (Å²) in [6.07, 6.45) is 2.39. The van der Waals surface area contributed by atoms with Crippen LogP contribution in [-0.2, 0) is 0 Å². The zero-order chi connectivity index (χ0) is 15.1. The Bertz CT molecular complexity index is 528. The number of nitrogens with one attached hydrogen (secondary N) is 1. The normalized spacial score (nSPS) is 26.5. The Balaban J connectivity index is 1.92. The summed E-state index contributed by atoms with van der Waals surface area (Å²) in [5, 5.41) is 3.53. The first-order valence-electron chi connectivity index (χ1n) is 7.62. The third-order valence-corrected chi connectivity index (χ3v) is 4.67. The fraction of sp³-hybridized carbons (Fsp3) is 0.625. The van der Waals surface area contributed by atoms with E-state index in [1.807, 2.05) is 4.90 Å². The summed E-state index contributed by atoms with van der Waals surface area (Å²) in [7, 11) is 0. The Labute approximate surface area is 123 Å².